The van der Waals surface area contributed by atoms with Crippen LogP contribution in [0.1, 0.15) is 11.1 Å². The van der Waals surface area contributed by atoms with Gasteiger partial charge in [0.15, 0.2) is 0 Å². The van der Waals surface area contributed by atoms with Crippen LogP contribution in [0.15, 0.2) is 36.4 Å². The minimum Gasteiger partial charge on any atom is -0.397 e. The number of fused-ring (bicyclic) bond motifs is 1. The standard InChI is InChI=1S/C15H14ClN3O2/c16-12-5-4-10(8-14(12)19(20)21)9-18-7-6-11-2-1-3-13(17)15(11)18/h1-5,8H,6-7,9,17H2. The highest BCUT2D eigenvalue weighted by atomic mass is 35.5. The van der Waals surface area contributed by atoms with E-state index in [0.717, 1.165) is 29.9 Å². The Balaban J connectivity index is 1.90. The van der Waals surface area contributed by atoms with Gasteiger partial charge >= 0.3 is 0 Å². The third kappa shape index (κ3) is 2.52. The third-order valence-electron chi connectivity index (χ3n) is 3.70. The van der Waals surface area contributed by atoms with E-state index in [-0.39, 0.29) is 10.7 Å². The Bertz CT molecular complexity index is 718. The van der Waals surface area contributed by atoms with Gasteiger partial charge in [0.2, 0.25) is 0 Å². The van der Waals surface area contributed by atoms with Crippen molar-refractivity contribution in [1.29, 1.82) is 0 Å². The van der Waals surface area contributed by atoms with Crippen LogP contribution >= 0.6 is 11.6 Å². The van der Waals surface area contributed by atoms with Crippen molar-refractivity contribution in [3.8, 4) is 0 Å². The number of benzene rings is 2. The fourth-order valence-electron chi connectivity index (χ4n) is 2.74. The second-order valence-electron chi connectivity index (χ2n) is 5.07. The maximum atomic E-state index is 11.0. The van der Waals surface area contributed by atoms with E-state index in [1.807, 2.05) is 18.2 Å². The van der Waals surface area contributed by atoms with E-state index in [2.05, 4.69) is 11.0 Å². The number of para-hydroxylation sites is 1. The molecule has 0 saturated heterocycles. The van der Waals surface area contributed by atoms with Gasteiger partial charge in [-0.05, 0) is 29.7 Å². The maximum absolute atomic E-state index is 11.0. The molecule has 108 valence electrons. The van der Waals surface area contributed by atoms with E-state index in [9.17, 15) is 10.1 Å². The van der Waals surface area contributed by atoms with E-state index >= 15 is 0 Å². The Labute approximate surface area is 127 Å². The zero-order valence-electron chi connectivity index (χ0n) is 11.3. The molecule has 0 aromatic heterocycles. The van der Waals surface area contributed by atoms with Crippen LogP contribution in [0.4, 0.5) is 17.1 Å². The number of nitrogens with zero attached hydrogens (tertiary/aromatic N) is 2. The van der Waals surface area contributed by atoms with Crippen LogP contribution in [0, 0.1) is 10.1 Å². The van der Waals surface area contributed by atoms with Crippen molar-refractivity contribution < 1.29 is 4.92 Å². The SMILES string of the molecule is Nc1cccc2c1N(Cc1ccc(Cl)c([N+](=O)[O-])c1)CC2. The van der Waals surface area contributed by atoms with Crippen LogP contribution in [0.2, 0.25) is 5.02 Å². The second kappa shape index (κ2) is 5.26. The van der Waals surface area contributed by atoms with Crippen molar-refractivity contribution in [2.24, 2.45) is 0 Å². The first-order chi connectivity index (χ1) is 10.1. The molecule has 0 unspecified atom stereocenters. The molecule has 0 atom stereocenters. The van der Waals surface area contributed by atoms with Gasteiger partial charge < -0.3 is 10.6 Å². The topological polar surface area (TPSA) is 72.4 Å². The maximum Gasteiger partial charge on any atom is 0.288 e. The molecule has 0 bridgehead atoms. The summed E-state index contributed by atoms with van der Waals surface area (Å²) in [6.45, 7) is 1.44. The van der Waals surface area contributed by atoms with Gasteiger partial charge in [0, 0.05) is 19.2 Å². The first kappa shape index (κ1) is 13.7. The summed E-state index contributed by atoms with van der Waals surface area (Å²) in [7, 11) is 0. The number of hydrogen-bond donors (Lipinski definition) is 1. The molecule has 1 aliphatic rings. The van der Waals surface area contributed by atoms with Gasteiger partial charge in [-0.25, -0.2) is 0 Å². The zero-order chi connectivity index (χ0) is 15.0. The van der Waals surface area contributed by atoms with E-state index in [1.54, 1.807) is 6.07 Å². The van der Waals surface area contributed by atoms with Gasteiger partial charge in [-0.2, -0.15) is 0 Å². The van der Waals surface area contributed by atoms with Gasteiger partial charge in [0.25, 0.3) is 5.69 Å². The minimum absolute atomic E-state index is 0.0605. The summed E-state index contributed by atoms with van der Waals surface area (Å²) < 4.78 is 0. The first-order valence-corrected chi connectivity index (χ1v) is 6.99. The molecule has 3 rings (SSSR count). The van der Waals surface area contributed by atoms with Crippen molar-refractivity contribution in [2.75, 3.05) is 17.2 Å². The molecule has 2 aromatic rings. The van der Waals surface area contributed by atoms with Crippen LogP contribution in [-0.4, -0.2) is 11.5 Å². The Hall–Kier alpha value is -2.27. The molecule has 0 aliphatic carbocycles. The minimum atomic E-state index is -0.460. The molecule has 1 heterocycles. The molecule has 0 fully saturated rings. The summed E-state index contributed by atoms with van der Waals surface area (Å²) >= 11 is 5.84. The molecule has 21 heavy (non-hydrogen) atoms. The van der Waals surface area contributed by atoms with Crippen LogP contribution in [-0.2, 0) is 13.0 Å². The average Bonchev–Trinajstić information content (AvgIpc) is 2.85. The predicted octanol–water partition coefficient (Wildman–Crippen LogP) is 3.39. The quantitative estimate of drug-likeness (QED) is 0.536. The number of nitrogen functional groups attached to an aromatic ring is 1. The normalized spacial score (nSPS) is 13.3. The van der Waals surface area contributed by atoms with Crippen molar-refractivity contribution in [1.82, 2.24) is 0 Å². The third-order valence-corrected chi connectivity index (χ3v) is 4.02. The Morgan fingerprint density at radius 1 is 1.33 bits per heavy atom. The number of nitro groups is 1. The monoisotopic (exact) mass is 303 g/mol. The Morgan fingerprint density at radius 2 is 2.14 bits per heavy atom. The number of rotatable bonds is 3. The fraction of sp³-hybridized carbons (Fsp3) is 0.200. The summed E-state index contributed by atoms with van der Waals surface area (Å²) in [5.41, 5.74) is 9.84. The molecule has 0 radical (unpaired) electrons. The molecule has 6 heteroatoms. The molecule has 0 spiro atoms. The number of nitro benzene ring substituents is 1. The first-order valence-electron chi connectivity index (χ1n) is 6.61. The number of halogens is 1. The molecule has 5 nitrogen and oxygen atoms in total. The van der Waals surface area contributed by atoms with Gasteiger partial charge in [0.05, 0.1) is 16.3 Å². The lowest BCUT2D eigenvalue weighted by Gasteiger charge is -2.21. The summed E-state index contributed by atoms with van der Waals surface area (Å²) in [6.07, 6.45) is 0.941. The van der Waals surface area contributed by atoms with Gasteiger partial charge in [0.1, 0.15) is 5.02 Å². The predicted molar refractivity (Wildman–Crippen MR) is 83.7 cm³/mol. The smallest absolute Gasteiger partial charge is 0.288 e. The lowest BCUT2D eigenvalue weighted by atomic mass is 10.1. The van der Waals surface area contributed by atoms with Crippen LogP contribution in [0.3, 0.4) is 0 Å². The van der Waals surface area contributed by atoms with Crippen LogP contribution in [0.25, 0.3) is 0 Å². The van der Waals surface area contributed by atoms with Gasteiger partial charge in [-0.1, -0.05) is 29.8 Å². The van der Waals surface area contributed by atoms with E-state index in [0.29, 0.717) is 6.54 Å². The number of hydrogen-bond acceptors (Lipinski definition) is 4. The Kier molecular flexibility index (Phi) is 3.43. The van der Waals surface area contributed by atoms with Crippen molar-refractivity contribution in [3.05, 3.63) is 62.7 Å². The number of nitrogens with two attached hydrogens (primary N) is 1. The summed E-state index contributed by atoms with van der Waals surface area (Å²) in [5, 5.41) is 11.1. The zero-order valence-corrected chi connectivity index (χ0v) is 12.0. The molecule has 0 amide bonds. The average molecular weight is 304 g/mol. The summed E-state index contributed by atoms with van der Waals surface area (Å²) in [6, 6.07) is 10.8. The van der Waals surface area contributed by atoms with E-state index < -0.39 is 4.92 Å². The lowest BCUT2D eigenvalue weighted by molar-refractivity contribution is -0.384. The van der Waals surface area contributed by atoms with E-state index in [4.69, 9.17) is 17.3 Å². The van der Waals surface area contributed by atoms with Gasteiger partial charge in [-0.15, -0.1) is 0 Å². The van der Waals surface area contributed by atoms with Crippen LogP contribution < -0.4 is 10.6 Å². The molecule has 1 aliphatic heterocycles. The fourth-order valence-corrected chi connectivity index (χ4v) is 2.93. The largest absolute Gasteiger partial charge is 0.397 e. The highest BCUT2D eigenvalue weighted by molar-refractivity contribution is 6.32. The molecular weight excluding hydrogens is 290 g/mol. The van der Waals surface area contributed by atoms with Crippen molar-refractivity contribution in [2.45, 2.75) is 13.0 Å². The molecule has 0 saturated carbocycles. The molecule has 2 aromatic carbocycles. The molecular formula is C15H14ClN3O2. The number of anilines is 2. The van der Waals surface area contributed by atoms with Crippen LogP contribution in [0.5, 0.6) is 0 Å². The van der Waals surface area contributed by atoms with Gasteiger partial charge in [-0.3, -0.25) is 10.1 Å². The second-order valence-corrected chi connectivity index (χ2v) is 5.48. The lowest BCUT2D eigenvalue weighted by Crippen LogP contribution is -2.20. The Morgan fingerprint density at radius 3 is 2.90 bits per heavy atom. The van der Waals surface area contributed by atoms with E-state index in [1.165, 1.54) is 11.6 Å². The highest BCUT2D eigenvalue weighted by Crippen LogP contribution is 2.35. The highest BCUT2D eigenvalue weighted by Gasteiger charge is 2.22. The van der Waals surface area contributed by atoms with Crippen molar-refractivity contribution >= 4 is 28.7 Å². The summed E-state index contributed by atoms with van der Waals surface area (Å²) in [5.74, 6) is 0. The summed E-state index contributed by atoms with van der Waals surface area (Å²) in [4.78, 5) is 12.6. The van der Waals surface area contributed by atoms with Crippen molar-refractivity contribution in [3.63, 3.8) is 0 Å². The molecule has 2 N–H and O–H groups in total.